The van der Waals surface area contributed by atoms with Crippen molar-refractivity contribution in [1.82, 2.24) is 0 Å². The van der Waals surface area contributed by atoms with Gasteiger partial charge in [-0.1, -0.05) is 302 Å². The van der Waals surface area contributed by atoms with Crippen LogP contribution in [0.25, 0.3) is 0 Å². The van der Waals surface area contributed by atoms with Gasteiger partial charge in [-0.25, -0.2) is 0 Å². The van der Waals surface area contributed by atoms with Crippen molar-refractivity contribution in [2.45, 2.75) is 302 Å². The number of esters is 2. The van der Waals surface area contributed by atoms with E-state index in [1.54, 1.807) is 0 Å². The van der Waals surface area contributed by atoms with Gasteiger partial charge in [-0.15, -0.1) is 0 Å². The average molecular weight is 1220 g/mol. The molecule has 0 rings (SSSR count). The molecule has 0 heterocycles. The van der Waals surface area contributed by atoms with Crippen molar-refractivity contribution < 1.29 is 42.1 Å². The predicted molar refractivity (Wildman–Crippen MR) is 369 cm³/mol. The quantitative estimate of drug-likeness (QED) is 0.0195. The summed E-state index contributed by atoms with van der Waals surface area (Å²) in [7, 11) is 1.14. The highest BCUT2D eigenvalue weighted by molar-refractivity contribution is 7.45. The average Bonchev–Trinajstić information content (AvgIpc) is 3.56. The van der Waals surface area contributed by atoms with Crippen LogP contribution in [0.2, 0.25) is 0 Å². The number of carbonyl (C=O) groups excluding carboxylic acids is 2. The summed E-state index contributed by atoms with van der Waals surface area (Å²) in [6.45, 7) is 4.00. The van der Waals surface area contributed by atoms with Gasteiger partial charge in [-0.05, 0) is 103 Å². The first kappa shape index (κ1) is 82.4. The first-order chi connectivity index (χ1) is 42.0. The number of hydrogen-bond donors (Lipinski definition) is 0. The molecular weight excluding hydrogens is 1090 g/mol. The van der Waals surface area contributed by atoms with E-state index in [4.69, 9.17) is 18.5 Å². The van der Waals surface area contributed by atoms with E-state index >= 15 is 0 Å². The summed E-state index contributed by atoms with van der Waals surface area (Å²) in [6.07, 6.45) is 94.4. The third-order valence-electron chi connectivity index (χ3n) is 15.0. The standard InChI is InChI=1S/C76H132NO8P/c1-6-8-10-12-14-16-18-20-22-24-26-28-30-31-32-33-34-35-36-37-38-39-40-41-42-43-44-45-47-48-50-52-54-56-58-60-62-64-66-68-75(78)82-72-74(73-84-86(80,81)83-71-70-77(3,4)5)85-76(79)69-67-65-63-61-59-57-55-53-51-49-46-29-27-25-23-21-19-17-15-13-11-9-7-2/h8-11,14-17,20-23,26-29,49,51,55,57,74H,6-7,12-13,18-19,24-25,30-48,50,52-54,56,58-73H2,1-5H3/b10-8-,11-9-,16-14-,17-15-,22-20-,23-21-,28-26-,29-27-,51-49-,57-55-. The summed E-state index contributed by atoms with van der Waals surface area (Å²) in [4.78, 5) is 38.0. The Kier molecular flexibility index (Phi) is 63.1. The van der Waals surface area contributed by atoms with E-state index in [1.165, 1.54) is 154 Å². The van der Waals surface area contributed by atoms with E-state index in [0.717, 1.165) is 109 Å². The molecule has 86 heavy (non-hydrogen) atoms. The van der Waals surface area contributed by atoms with Gasteiger partial charge in [-0.3, -0.25) is 14.2 Å². The Morgan fingerprint density at radius 2 is 0.628 bits per heavy atom. The van der Waals surface area contributed by atoms with Crippen molar-refractivity contribution in [3.05, 3.63) is 122 Å². The molecule has 0 spiro atoms. The lowest BCUT2D eigenvalue weighted by molar-refractivity contribution is -0.870. The van der Waals surface area contributed by atoms with Crippen LogP contribution in [0.4, 0.5) is 0 Å². The first-order valence-corrected chi connectivity index (χ1v) is 36.7. The number of rotatable bonds is 64. The number of hydrogen-bond acceptors (Lipinski definition) is 8. The van der Waals surface area contributed by atoms with Crippen LogP contribution < -0.4 is 4.89 Å². The Morgan fingerprint density at radius 1 is 0.360 bits per heavy atom. The molecule has 9 nitrogen and oxygen atoms in total. The highest BCUT2D eigenvalue weighted by atomic mass is 31.2. The summed E-state index contributed by atoms with van der Waals surface area (Å²) in [5, 5.41) is 0. The van der Waals surface area contributed by atoms with Crippen molar-refractivity contribution in [1.29, 1.82) is 0 Å². The molecule has 2 atom stereocenters. The molecule has 0 fully saturated rings. The van der Waals surface area contributed by atoms with Crippen molar-refractivity contribution >= 4 is 19.8 Å². The van der Waals surface area contributed by atoms with Gasteiger partial charge in [0.05, 0.1) is 27.7 Å². The van der Waals surface area contributed by atoms with Gasteiger partial charge in [-0.2, -0.15) is 0 Å². The third-order valence-corrected chi connectivity index (χ3v) is 15.9. The van der Waals surface area contributed by atoms with E-state index < -0.39 is 26.5 Å². The molecule has 2 unspecified atom stereocenters. The van der Waals surface area contributed by atoms with Crippen LogP contribution >= 0.6 is 7.82 Å². The van der Waals surface area contributed by atoms with Crippen LogP contribution in [0, 0.1) is 0 Å². The lowest BCUT2D eigenvalue weighted by atomic mass is 10.0. The normalized spacial score (nSPS) is 13.9. The maximum atomic E-state index is 12.8. The molecule has 0 bridgehead atoms. The molecule has 0 aliphatic carbocycles. The smallest absolute Gasteiger partial charge is 0.306 e. The summed E-state index contributed by atoms with van der Waals surface area (Å²) in [5.74, 6) is -0.858. The molecule has 0 amide bonds. The largest absolute Gasteiger partial charge is 0.756 e. The second kappa shape index (κ2) is 65.8. The molecule has 0 saturated heterocycles. The van der Waals surface area contributed by atoms with Crippen LogP contribution in [0.3, 0.4) is 0 Å². The van der Waals surface area contributed by atoms with E-state index in [2.05, 4.69) is 135 Å². The van der Waals surface area contributed by atoms with E-state index in [-0.39, 0.29) is 32.0 Å². The van der Waals surface area contributed by atoms with Gasteiger partial charge in [0.25, 0.3) is 7.82 Å². The zero-order valence-electron chi connectivity index (χ0n) is 56.2. The molecule has 0 aromatic heterocycles. The number of quaternary nitrogens is 1. The van der Waals surface area contributed by atoms with Gasteiger partial charge >= 0.3 is 11.9 Å². The van der Waals surface area contributed by atoms with Crippen molar-refractivity contribution in [3.63, 3.8) is 0 Å². The topological polar surface area (TPSA) is 111 Å². The highest BCUT2D eigenvalue weighted by Gasteiger charge is 2.22. The van der Waals surface area contributed by atoms with E-state index in [0.29, 0.717) is 17.4 Å². The summed E-state index contributed by atoms with van der Waals surface area (Å²) in [5.41, 5.74) is 0. The fourth-order valence-electron chi connectivity index (χ4n) is 9.65. The number of phosphoric acid groups is 1. The summed E-state index contributed by atoms with van der Waals surface area (Å²) < 4.78 is 34.3. The molecule has 0 radical (unpaired) electrons. The number of nitrogens with zero attached hydrogens (tertiary/aromatic N) is 1. The number of ether oxygens (including phenoxy) is 2. The van der Waals surface area contributed by atoms with Gasteiger partial charge in [0, 0.05) is 12.8 Å². The number of carbonyl (C=O) groups is 2. The van der Waals surface area contributed by atoms with Crippen molar-refractivity contribution in [3.8, 4) is 0 Å². The highest BCUT2D eigenvalue weighted by Crippen LogP contribution is 2.38. The maximum absolute atomic E-state index is 12.8. The lowest BCUT2D eigenvalue weighted by Crippen LogP contribution is -2.37. The molecule has 0 N–H and O–H groups in total. The van der Waals surface area contributed by atoms with Gasteiger partial charge in [0.1, 0.15) is 19.8 Å². The molecule has 0 aromatic rings. The van der Waals surface area contributed by atoms with Gasteiger partial charge in [0.2, 0.25) is 0 Å². The minimum Gasteiger partial charge on any atom is -0.756 e. The second-order valence-corrected chi connectivity index (χ2v) is 25.9. The van der Waals surface area contributed by atoms with Gasteiger partial charge < -0.3 is 27.9 Å². The fraction of sp³-hybridized carbons (Fsp3) is 0.711. The number of likely N-dealkylation sites (N-methyl/N-ethyl adjacent to an activating group) is 1. The van der Waals surface area contributed by atoms with Crippen molar-refractivity contribution in [2.24, 2.45) is 0 Å². The van der Waals surface area contributed by atoms with Gasteiger partial charge in [0.15, 0.2) is 6.10 Å². The third kappa shape index (κ3) is 69.5. The summed E-state index contributed by atoms with van der Waals surface area (Å²) >= 11 is 0. The molecular formula is C76H132NO8P. The SMILES string of the molecule is CC/C=C\C/C=C\C/C=C\C/C=C\C/C=C\C/C=C\CCCCCCC(=O)OC(COC(=O)CCCCCCCCCCCCCCCCCCCCCCCCCCCC/C=C\C/C=C\C/C=C\C/C=C\CC)COP(=O)([O-])OCC[N+](C)(C)C. The Hall–Kier alpha value is -3.59. The Balaban J connectivity index is 3.99. The Morgan fingerprint density at radius 3 is 0.930 bits per heavy atom. The monoisotopic (exact) mass is 1220 g/mol. The predicted octanol–water partition coefficient (Wildman–Crippen LogP) is 22.4. The van der Waals surface area contributed by atoms with Crippen molar-refractivity contribution in [2.75, 3.05) is 47.5 Å². The molecule has 0 saturated carbocycles. The van der Waals surface area contributed by atoms with Crippen LogP contribution in [0.15, 0.2) is 122 Å². The lowest BCUT2D eigenvalue weighted by Gasteiger charge is -2.28. The number of allylic oxidation sites excluding steroid dienone is 20. The molecule has 0 aliphatic rings. The maximum Gasteiger partial charge on any atom is 0.306 e. The zero-order chi connectivity index (χ0) is 62.6. The number of phosphoric ester groups is 1. The van der Waals surface area contributed by atoms with E-state index in [1.807, 2.05) is 21.1 Å². The first-order valence-electron chi connectivity index (χ1n) is 35.2. The fourth-order valence-corrected chi connectivity index (χ4v) is 10.4. The van der Waals surface area contributed by atoms with E-state index in [9.17, 15) is 19.0 Å². The zero-order valence-corrected chi connectivity index (χ0v) is 57.1. The minimum atomic E-state index is -4.65. The van der Waals surface area contributed by atoms with Crippen LogP contribution in [0.5, 0.6) is 0 Å². The number of unbranched alkanes of at least 4 members (excludes halogenated alkanes) is 30. The van der Waals surface area contributed by atoms with Crippen LogP contribution in [-0.4, -0.2) is 70.0 Å². The molecule has 494 valence electrons. The Labute approximate surface area is 530 Å². The Bertz CT molecular complexity index is 1870. The second-order valence-electron chi connectivity index (χ2n) is 24.5. The van der Waals surface area contributed by atoms with Crippen LogP contribution in [-0.2, 0) is 32.7 Å². The minimum absolute atomic E-state index is 0.0403. The molecule has 10 heteroatoms. The molecule has 0 aromatic carbocycles. The van der Waals surface area contributed by atoms with Crippen LogP contribution in [0.1, 0.15) is 296 Å². The molecule has 0 aliphatic heterocycles. The summed E-state index contributed by atoms with van der Waals surface area (Å²) in [6, 6.07) is 0.